The summed E-state index contributed by atoms with van der Waals surface area (Å²) in [6.07, 6.45) is 0.118. The third kappa shape index (κ3) is 3.34. The minimum absolute atomic E-state index is 0. The fourth-order valence-electron chi connectivity index (χ4n) is 2.08. The van der Waals surface area contributed by atoms with Crippen LogP contribution in [0, 0.1) is 0 Å². The summed E-state index contributed by atoms with van der Waals surface area (Å²) in [5, 5.41) is 0. The SMILES string of the molecule is C[C@@H]1CN(C(=O)c2cccc(N)n2)C[C@H](C)O1.Cl. The van der Waals surface area contributed by atoms with Crippen LogP contribution in [0.25, 0.3) is 0 Å². The third-order valence-electron chi connectivity index (χ3n) is 2.70. The fraction of sp³-hybridized carbons (Fsp3) is 0.500. The van der Waals surface area contributed by atoms with E-state index < -0.39 is 0 Å². The Labute approximate surface area is 113 Å². The summed E-state index contributed by atoms with van der Waals surface area (Å²) in [5.41, 5.74) is 5.97. The van der Waals surface area contributed by atoms with E-state index in [9.17, 15) is 4.79 Å². The Kier molecular flexibility index (Phi) is 4.93. The van der Waals surface area contributed by atoms with E-state index in [0.29, 0.717) is 24.6 Å². The van der Waals surface area contributed by atoms with E-state index in [1.807, 2.05) is 13.8 Å². The number of pyridine rings is 1. The number of hydrogen-bond donors (Lipinski definition) is 1. The van der Waals surface area contributed by atoms with E-state index in [-0.39, 0.29) is 30.5 Å². The van der Waals surface area contributed by atoms with Gasteiger partial charge >= 0.3 is 0 Å². The molecule has 5 nitrogen and oxygen atoms in total. The van der Waals surface area contributed by atoms with Gasteiger partial charge in [0, 0.05) is 13.1 Å². The van der Waals surface area contributed by atoms with Crippen LogP contribution >= 0.6 is 12.4 Å². The first kappa shape index (κ1) is 14.7. The number of anilines is 1. The van der Waals surface area contributed by atoms with Crippen molar-refractivity contribution in [2.45, 2.75) is 26.1 Å². The maximum absolute atomic E-state index is 12.2. The maximum Gasteiger partial charge on any atom is 0.272 e. The van der Waals surface area contributed by atoms with Gasteiger partial charge in [0.1, 0.15) is 11.5 Å². The van der Waals surface area contributed by atoms with Gasteiger partial charge in [-0.05, 0) is 26.0 Å². The maximum atomic E-state index is 12.2. The molecule has 1 aromatic rings. The van der Waals surface area contributed by atoms with Crippen LogP contribution in [0.4, 0.5) is 5.82 Å². The van der Waals surface area contributed by atoms with Gasteiger partial charge in [0.15, 0.2) is 0 Å². The average Bonchev–Trinajstić information content (AvgIpc) is 2.26. The van der Waals surface area contributed by atoms with Gasteiger partial charge in [-0.15, -0.1) is 12.4 Å². The lowest BCUT2D eigenvalue weighted by molar-refractivity contribution is -0.0587. The van der Waals surface area contributed by atoms with E-state index >= 15 is 0 Å². The highest BCUT2D eigenvalue weighted by molar-refractivity contribution is 5.92. The minimum Gasteiger partial charge on any atom is -0.384 e. The summed E-state index contributed by atoms with van der Waals surface area (Å²) in [7, 11) is 0. The summed E-state index contributed by atoms with van der Waals surface area (Å²) < 4.78 is 5.59. The lowest BCUT2D eigenvalue weighted by atomic mass is 10.2. The topological polar surface area (TPSA) is 68.5 Å². The molecule has 2 heterocycles. The van der Waals surface area contributed by atoms with Crippen LogP contribution in [0.3, 0.4) is 0 Å². The third-order valence-corrected chi connectivity index (χ3v) is 2.70. The molecule has 2 atom stereocenters. The van der Waals surface area contributed by atoms with Crippen LogP contribution in [0.5, 0.6) is 0 Å². The standard InChI is InChI=1S/C12H17N3O2.ClH/c1-8-6-15(7-9(2)17-8)12(16)10-4-3-5-11(13)14-10;/h3-5,8-9H,6-7H2,1-2H3,(H2,13,14);1H/t8-,9+;. The number of morpholine rings is 1. The molecule has 0 aromatic carbocycles. The number of carbonyl (C=O) groups excluding carboxylic acids is 1. The Morgan fingerprint density at radius 3 is 2.56 bits per heavy atom. The molecule has 1 saturated heterocycles. The summed E-state index contributed by atoms with van der Waals surface area (Å²) in [6, 6.07) is 5.09. The van der Waals surface area contributed by atoms with Crippen molar-refractivity contribution in [3.63, 3.8) is 0 Å². The molecule has 0 spiro atoms. The van der Waals surface area contributed by atoms with Gasteiger partial charge in [0.05, 0.1) is 12.2 Å². The van der Waals surface area contributed by atoms with Gasteiger partial charge in [-0.1, -0.05) is 6.07 Å². The molecule has 100 valence electrons. The number of aromatic nitrogens is 1. The first-order valence-electron chi connectivity index (χ1n) is 5.73. The number of hydrogen-bond acceptors (Lipinski definition) is 4. The highest BCUT2D eigenvalue weighted by atomic mass is 35.5. The number of nitrogens with zero attached hydrogens (tertiary/aromatic N) is 2. The lowest BCUT2D eigenvalue weighted by Crippen LogP contribution is -2.48. The number of ether oxygens (including phenoxy) is 1. The van der Waals surface area contributed by atoms with E-state index in [4.69, 9.17) is 10.5 Å². The zero-order valence-electron chi connectivity index (χ0n) is 10.5. The second-order valence-corrected chi connectivity index (χ2v) is 4.42. The molecular weight excluding hydrogens is 254 g/mol. The molecule has 2 rings (SSSR count). The zero-order chi connectivity index (χ0) is 12.4. The number of amides is 1. The Balaban J connectivity index is 0.00000162. The number of nitrogens with two attached hydrogens (primary N) is 1. The Bertz CT molecular complexity index is 418. The van der Waals surface area contributed by atoms with Gasteiger partial charge in [0.2, 0.25) is 0 Å². The van der Waals surface area contributed by atoms with Crippen LogP contribution in [-0.2, 0) is 4.74 Å². The van der Waals surface area contributed by atoms with Gasteiger partial charge in [-0.25, -0.2) is 4.98 Å². The lowest BCUT2D eigenvalue weighted by Gasteiger charge is -2.35. The van der Waals surface area contributed by atoms with Crippen LogP contribution in [0.2, 0.25) is 0 Å². The number of rotatable bonds is 1. The fourth-order valence-corrected chi connectivity index (χ4v) is 2.08. The smallest absolute Gasteiger partial charge is 0.272 e. The van der Waals surface area contributed by atoms with Crippen molar-refractivity contribution >= 4 is 24.1 Å². The molecule has 0 saturated carbocycles. The molecule has 0 aliphatic carbocycles. The van der Waals surface area contributed by atoms with Crippen molar-refractivity contribution in [3.05, 3.63) is 23.9 Å². The molecule has 2 N–H and O–H groups in total. The molecule has 1 aliphatic rings. The van der Waals surface area contributed by atoms with Crippen molar-refractivity contribution in [1.29, 1.82) is 0 Å². The van der Waals surface area contributed by atoms with Crippen LogP contribution in [0.1, 0.15) is 24.3 Å². The van der Waals surface area contributed by atoms with Gasteiger partial charge in [-0.3, -0.25) is 4.79 Å². The summed E-state index contributed by atoms with van der Waals surface area (Å²) >= 11 is 0. The van der Waals surface area contributed by atoms with Crippen molar-refractivity contribution in [2.75, 3.05) is 18.8 Å². The van der Waals surface area contributed by atoms with Crippen LogP contribution in [-0.4, -0.2) is 41.1 Å². The van der Waals surface area contributed by atoms with Crippen molar-refractivity contribution in [3.8, 4) is 0 Å². The molecule has 0 unspecified atom stereocenters. The Morgan fingerprint density at radius 1 is 1.39 bits per heavy atom. The highest BCUT2D eigenvalue weighted by Crippen LogP contribution is 2.13. The molecule has 6 heteroatoms. The van der Waals surface area contributed by atoms with E-state index in [1.165, 1.54) is 0 Å². The average molecular weight is 272 g/mol. The number of carbonyl (C=O) groups is 1. The largest absolute Gasteiger partial charge is 0.384 e. The van der Waals surface area contributed by atoms with E-state index in [0.717, 1.165) is 0 Å². The molecule has 0 bridgehead atoms. The molecule has 1 fully saturated rings. The van der Waals surface area contributed by atoms with E-state index in [1.54, 1.807) is 23.1 Å². The second kappa shape index (κ2) is 6.02. The molecule has 0 radical (unpaired) electrons. The van der Waals surface area contributed by atoms with E-state index in [2.05, 4.69) is 4.98 Å². The normalized spacial score (nSPS) is 23.3. The summed E-state index contributed by atoms with van der Waals surface area (Å²) in [4.78, 5) is 18.0. The first-order valence-corrected chi connectivity index (χ1v) is 5.73. The first-order chi connectivity index (χ1) is 8.06. The summed E-state index contributed by atoms with van der Waals surface area (Å²) in [5.74, 6) is 0.282. The highest BCUT2D eigenvalue weighted by Gasteiger charge is 2.27. The molecule has 1 aliphatic heterocycles. The van der Waals surface area contributed by atoms with Gasteiger partial charge < -0.3 is 15.4 Å². The van der Waals surface area contributed by atoms with Crippen molar-refractivity contribution in [1.82, 2.24) is 9.88 Å². The van der Waals surface area contributed by atoms with Gasteiger partial charge in [-0.2, -0.15) is 0 Å². The van der Waals surface area contributed by atoms with Crippen LogP contribution < -0.4 is 5.73 Å². The van der Waals surface area contributed by atoms with Crippen molar-refractivity contribution in [2.24, 2.45) is 0 Å². The molecular formula is C12H18ClN3O2. The summed E-state index contributed by atoms with van der Waals surface area (Å²) in [6.45, 7) is 5.12. The zero-order valence-corrected chi connectivity index (χ0v) is 11.3. The molecule has 1 amide bonds. The predicted octanol–water partition coefficient (Wildman–Crippen LogP) is 1.33. The number of nitrogen functional groups attached to an aromatic ring is 1. The Morgan fingerprint density at radius 2 is 2.00 bits per heavy atom. The predicted molar refractivity (Wildman–Crippen MR) is 71.8 cm³/mol. The monoisotopic (exact) mass is 271 g/mol. The minimum atomic E-state index is -0.0840. The quantitative estimate of drug-likeness (QED) is 0.837. The van der Waals surface area contributed by atoms with Gasteiger partial charge in [0.25, 0.3) is 5.91 Å². The Hall–Kier alpha value is -1.33. The molecule has 18 heavy (non-hydrogen) atoms. The number of halogens is 1. The second-order valence-electron chi connectivity index (χ2n) is 4.42. The van der Waals surface area contributed by atoms with Crippen LogP contribution in [0.15, 0.2) is 18.2 Å². The molecule has 1 aromatic heterocycles. The van der Waals surface area contributed by atoms with Crippen molar-refractivity contribution < 1.29 is 9.53 Å².